The molecule has 1 atom stereocenters. The van der Waals surface area contributed by atoms with Crippen molar-refractivity contribution in [2.24, 2.45) is 0 Å². The zero-order chi connectivity index (χ0) is 16.8. The fourth-order valence-electron chi connectivity index (χ4n) is 2.28. The molecule has 0 bridgehead atoms. The summed E-state index contributed by atoms with van der Waals surface area (Å²) in [6, 6.07) is 16.4. The van der Waals surface area contributed by atoms with Crippen LogP contribution in [0.15, 0.2) is 67.0 Å². The van der Waals surface area contributed by atoms with E-state index >= 15 is 0 Å². The Balaban J connectivity index is 1.84. The van der Waals surface area contributed by atoms with Gasteiger partial charge in [-0.25, -0.2) is 4.98 Å². The van der Waals surface area contributed by atoms with E-state index in [9.17, 15) is 4.79 Å². The number of nitrogens with zero attached hydrogens (tertiary/aromatic N) is 2. The molecule has 6 heteroatoms. The average Bonchev–Trinajstić information content (AvgIpc) is 2.62. The maximum atomic E-state index is 11.0. The number of rotatable bonds is 6. The first-order valence-corrected chi connectivity index (χ1v) is 7.64. The number of nitrogens with one attached hydrogen (secondary N) is 1. The van der Waals surface area contributed by atoms with E-state index in [0.29, 0.717) is 17.9 Å². The van der Waals surface area contributed by atoms with Crippen molar-refractivity contribution >= 4 is 18.0 Å². The fraction of sp³-hybridized carbons (Fsp3) is 0.0556. The van der Waals surface area contributed by atoms with Crippen LogP contribution in [0.25, 0.3) is 0 Å². The van der Waals surface area contributed by atoms with E-state index in [4.69, 9.17) is 16.3 Å². The van der Waals surface area contributed by atoms with Gasteiger partial charge in [0.25, 0.3) is 0 Å². The molecular formula is C18H14ClN3O2. The van der Waals surface area contributed by atoms with Crippen molar-refractivity contribution in [1.29, 1.82) is 0 Å². The molecule has 1 aromatic heterocycles. The molecule has 1 N–H and O–H groups in total. The van der Waals surface area contributed by atoms with Crippen LogP contribution >= 0.6 is 11.6 Å². The minimum Gasteiger partial charge on any atom is -0.457 e. The van der Waals surface area contributed by atoms with Crippen molar-refractivity contribution in [2.75, 3.05) is 0 Å². The Morgan fingerprint density at radius 3 is 2.29 bits per heavy atom. The van der Waals surface area contributed by atoms with E-state index in [-0.39, 0.29) is 5.15 Å². The van der Waals surface area contributed by atoms with E-state index in [1.54, 1.807) is 0 Å². The molecule has 3 aromatic rings. The Labute approximate surface area is 144 Å². The molecule has 120 valence electrons. The van der Waals surface area contributed by atoms with E-state index in [1.807, 2.05) is 54.6 Å². The number of para-hydroxylation sites is 1. The van der Waals surface area contributed by atoms with Crippen molar-refractivity contribution in [3.63, 3.8) is 0 Å². The lowest BCUT2D eigenvalue weighted by atomic mass is 10.0. The van der Waals surface area contributed by atoms with Crippen molar-refractivity contribution in [3.8, 4) is 11.5 Å². The highest BCUT2D eigenvalue weighted by Gasteiger charge is 2.18. The first kappa shape index (κ1) is 16.0. The van der Waals surface area contributed by atoms with E-state index in [1.165, 1.54) is 12.4 Å². The zero-order valence-electron chi connectivity index (χ0n) is 12.6. The summed E-state index contributed by atoms with van der Waals surface area (Å²) in [6.45, 7) is 0. The number of carbonyl (C=O) groups is 1. The van der Waals surface area contributed by atoms with Gasteiger partial charge in [-0.15, -0.1) is 0 Å². The third-order valence-corrected chi connectivity index (χ3v) is 3.67. The van der Waals surface area contributed by atoms with Crippen LogP contribution in [0.4, 0.5) is 0 Å². The quantitative estimate of drug-likeness (QED) is 0.694. The standard InChI is InChI=1S/C18H14ClN3O2/c19-18-17(20-10-11-21-18)16(22-12-23)13-6-8-15(9-7-13)24-14-4-2-1-3-5-14/h1-12,16H,(H,22,23). The van der Waals surface area contributed by atoms with Crippen molar-refractivity contribution < 1.29 is 9.53 Å². The minimum absolute atomic E-state index is 0.251. The number of hydrogen-bond acceptors (Lipinski definition) is 4. The van der Waals surface area contributed by atoms with Crippen molar-refractivity contribution in [3.05, 3.63) is 83.4 Å². The molecule has 0 radical (unpaired) electrons. The Bertz CT molecular complexity index is 810. The summed E-state index contributed by atoms with van der Waals surface area (Å²) >= 11 is 6.09. The smallest absolute Gasteiger partial charge is 0.207 e. The third-order valence-electron chi connectivity index (χ3n) is 3.38. The van der Waals surface area contributed by atoms with Crippen molar-refractivity contribution in [1.82, 2.24) is 15.3 Å². The van der Waals surface area contributed by atoms with Gasteiger partial charge in [-0.05, 0) is 29.8 Å². The lowest BCUT2D eigenvalue weighted by Crippen LogP contribution is -2.22. The lowest BCUT2D eigenvalue weighted by molar-refractivity contribution is -0.110. The molecule has 3 rings (SSSR count). The summed E-state index contributed by atoms with van der Waals surface area (Å²) in [7, 11) is 0. The monoisotopic (exact) mass is 339 g/mol. The second-order valence-corrected chi connectivity index (χ2v) is 5.29. The molecule has 0 aliphatic heterocycles. The molecule has 0 aliphatic rings. The number of hydrogen-bond donors (Lipinski definition) is 1. The normalized spacial score (nSPS) is 11.5. The molecule has 1 unspecified atom stereocenters. The molecule has 0 saturated heterocycles. The molecule has 0 spiro atoms. The largest absolute Gasteiger partial charge is 0.457 e. The van der Waals surface area contributed by atoms with E-state index in [2.05, 4.69) is 15.3 Å². The highest BCUT2D eigenvalue weighted by Crippen LogP contribution is 2.27. The molecule has 5 nitrogen and oxygen atoms in total. The molecule has 2 aromatic carbocycles. The molecular weight excluding hydrogens is 326 g/mol. The highest BCUT2D eigenvalue weighted by atomic mass is 35.5. The average molecular weight is 340 g/mol. The predicted octanol–water partition coefficient (Wildman–Crippen LogP) is 3.76. The number of ether oxygens (including phenoxy) is 1. The van der Waals surface area contributed by atoms with Crippen molar-refractivity contribution in [2.45, 2.75) is 6.04 Å². The lowest BCUT2D eigenvalue weighted by Gasteiger charge is -2.17. The van der Waals surface area contributed by atoms with Gasteiger partial charge in [0.2, 0.25) is 6.41 Å². The Kier molecular flexibility index (Phi) is 5.03. The van der Waals surface area contributed by atoms with Gasteiger partial charge < -0.3 is 10.1 Å². The summed E-state index contributed by atoms with van der Waals surface area (Å²) in [5.74, 6) is 1.45. The van der Waals surface area contributed by atoms with Crippen LogP contribution < -0.4 is 10.1 Å². The summed E-state index contributed by atoms with van der Waals surface area (Å²) < 4.78 is 5.76. The number of benzene rings is 2. The minimum atomic E-state index is -0.477. The van der Waals surface area contributed by atoms with Crippen LogP contribution in [0.1, 0.15) is 17.3 Å². The van der Waals surface area contributed by atoms with Crippen LogP contribution in [0.2, 0.25) is 5.15 Å². The van der Waals surface area contributed by atoms with Crippen LogP contribution in [-0.2, 0) is 4.79 Å². The van der Waals surface area contributed by atoms with Gasteiger partial charge in [-0.2, -0.15) is 0 Å². The summed E-state index contributed by atoms with van der Waals surface area (Å²) in [6.07, 6.45) is 3.65. The van der Waals surface area contributed by atoms with Crippen LogP contribution in [-0.4, -0.2) is 16.4 Å². The fourth-order valence-corrected chi connectivity index (χ4v) is 2.49. The van der Waals surface area contributed by atoms with E-state index < -0.39 is 6.04 Å². The molecule has 0 aliphatic carbocycles. The van der Waals surface area contributed by atoms with Crippen LogP contribution in [0, 0.1) is 0 Å². The molecule has 24 heavy (non-hydrogen) atoms. The summed E-state index contributed by atoms with van der Waals surface area (Å²) in [5.41, 5.74) is 1.31. The second kappa shape index (κ2) is 7.57. The number of carbonyl (C=O) groups excluding carboxylic acids is 1. The predicted molar refractivity (Wildman–Crippen MR) is 91.0 cm³/mol. The molecule has 1 heterocycles. The van der Waals surface area contributed by atoms with Crippen LogP contribution in [0.3, 0.4) is 0 Å². The van der Waals surface area contributed by atoms with Gasteiger partial charge in [0.15, 0.2) is 5.15 Å². The zero-order valence-corrected chi connectivity index (χ0v) is 13.4. The first-order valence-electron chi connectivity index (χ1n) is 7.27. The second-order valence-electron chi connectivity index (χ2n) is 4.93. The number of amides is 1. The number of aromatic nitrogens is 2. The van der Waals surface area contributed by atoms with E-state index in [0.717, 1.165) is 11.3 Å². The van der Waals surface area contributed by atoms with Gasteiger partial charge >= 0.3 is 0 Å². The number of halogens is 1. The maximum Gasteiger partial charge on any atom is 0.207 e. The highest BCUT2D eigenvalue weighted by molar-refractivity contribution is 6.30. The van der Waals surface area contributed by atoms with Gasteiger partial charge in [0.05, 0.1) is 6.04 Å². The first-order chi connectivity index (χ1) is 11.8. The Morgan fingerprint density at radius 1 is 0.958 bits per heavy atom. The van der Waals surface area contributed by atoms with Gasteiger partial charge in [0, 0.05) is 12.4 Å². The van der Waals surface area contributed by atoms with Gasteiger partial charge in [-0.3, -0.25) is 9.78 Å². The molecule has 1 amide bonds. The maximum absolute atomic E-state index is 11.0. The van der Waals surface area contributed by atoms with Gasteiger partial charge in [0.1, 0.15) is 17.2 Å². The SMILES string of the molecule is O=CNC(c1ccc(Oc2ccccc2)cc1)c1nccnc1Cl. The Hall–Kier alpha value is -2.92. The summed E-state index contributed by atoms with van der Waals surface area (Å²) in [4.78, 5) is 19.2. The topological polar surface area (TPSA) is 64.1 Å². The Morgan fingerprint density at radius 2 is 1.62 bits per heavy atom. The summed E-state index contributed by atoms with van der Waals surface area (Å²) in [5, 5.41) is 2.97. The van der Waals surface area contributed by atoms with Crippen LogP contribution in [0.5, 0.6) is 11.5 Å². The molecule has 0 saturated carbocycles. The third kappa shape index (κ3) is 3.70. The van der Waals surface area contributed by atoms with Gasteiger partial charge in [-0.1, -0.05) is 41.9 Å². The molecule has 0 fully saturated rings.